The Labute approximate surface area is 189 Å². The summed E-state index contributed by atoms with van der Waals surface area (Å²) in [6.07, 6.45) is 2.06. The van der Waals surface area contributed by atoms with Gasteiger partial charge in [-0.15, -0.1) is 0 Å². The Bertz CT molecular complexity index is 1040. The zero-order valence-electron chi connectivity index (χ0n) is 18.3. The van der Waals surface area contributed by atoms with Gasteiger partial charge in [0.15, 0.2) is 0 Å². The van der Waals surface area contributed by atoms with E-state index in [4.69, 9.17) is 4.74 Å². The number of urea groups is 1. The van der Waals surface area contributed by atoms with Crippen molar-refractivity contribution in [3.8, 4) is 11.1 Å². The number of hydrogen-bond acceptors (Lipinski definition) is 3. The molecule has 0 atom stereocenters. The van der Waals surface area contributed by atoms with Crippen LogP contribution in [-0.4, -0.2) is 30.2 Å². The largest absolute Gasteiger partial charge is 0.448 e. The Morgan fingerprint density at radius 1 is 0.844 bits per heavy atom. The molecule has 1 N–H and O–H groups in total. The molecule has 0 radical (unpaired) electrons. The van der Waals surface area contributed by atoms with Crippen LogP contribution < -0.4 is 5.32 Å². The average molecular weight is 429 g/mol. The first kappa shape index (κ1) is 21.6. The van der Waals surface area contributed by atoms with E-state index in [9.17, 15) is 9.59 Å². The summed E-state index contributed by atoms with van der Waals surface area (Å²) in [5.74, 6) is -0.0407. The number of nitrogens with one attached hydrogen (secondary N) is 1. The van der Waals surface area contributed by atoms with Gasteiger partial charge in [-0.2, -0.15) is 0 Å². The number of carbonyl (C=O) groups excluding carboxylic acids is 2. The average Bonchev–Trinajstić information content (AvgIpc) is 3.15. The molecule has 5 heteroatoms. The monoisotopic (exact) mass is 428 g/mol. The summed E-state index contributed by atoms with van der Waals surface area (Å²) in [7, 11) is 0. The minimum Gasteiger partial charge on any atom is -0.448 e. The van der Waals surface area contributed by atoms with Crippen LogP contribution in [0.1, 0.15) is 43.2 Å². The maximum Gasteiger partial charge on any atom is 0.418 e. The topological polar surface area (TPSA) is 58.6 Å². The van der Waals surface area contributed by atoms with Gasteiger partial charge in [0.25, 0.3) is 0 Å². The van der Waals surface area contributed by atoms with Crippen LogP contribution in [0, 0.1) is 0 Å². The van der Waals surface area contributed by atoms with Crippen molar-refractivity contribution in [3.05, 3.63) is 90.0 Å². The lowest BCUT2D eigenvalue weighted by atomic mass is 9.98. The first-order valence-corrected chi connectivity index (χ1v) is 11.2. The normalized spacial score (nSPS) is 12.0. The molecule has 0 fully saturated rings. The first-order valence-electron chi connectivity index (χ1n) is 11.2. The Hall–Kier alpha value is -3.60. The predicted molar refractivity (Wildman–Crippen MR) is 127 cm³/mol. The first-order chi connectivity index (χ1) is 15.7. The van der Waals surface area contributed by atoms with Crippen LogP contribution in [0.4, 0.5) is 15.3 Å². The number of rotatable bonds is 7. The number of unbranched alkanes of at least 4 members (excludes halogenated alkanes) is 2. The zero-order valence-corrected chi connectivity index (χ0v) is 18.3. The van der Waals surface area contributed by atoms with E-state index in [1.54, 1.807) is 12.1 Å². The molecule has 3 amide bonds. The van der Waals surface area contributed by atoms with Crippen molar-refractivity contribution >= 4 is 17.8 Å². The van der Waals surface area contributed by atoms with Crippen molar-refractivity contribution in [1.82, 2.24) is 4.90 Å². The van der Waals surface area contributed by atoms with Gasteiger partial charge in [0.2, 0.25) is 0 Å². The summed E-state index contributed by atoms with van der Waals surface area (Å²) in [5, 5.41) is 2.80. The maximum atomic E-state index is 13.0. The van der Waals surface area contributed by atoms with Crippen LogP contribution in [0.5, 0.6) is 0 Å². The molecule has 5 nitrogen and oxygen atoms in total. The lowest BCUT2D eigenvalue weighted by molar-refractivity contribution is 0.109. The van der Waals surface area contributed by atoms with E-state index in [-0.39, 0.29) is 12.5 Å². The number of fused-ring (bicyclic) bond motifs is 3. The molecule has 3 aromatic carbocycles. The van der Waals surface area contributed by atoms with E-state index in [0.717, 1.165) is 30.4 Å². The number of imide groups is 1. The minimum atomic E-state index is -0.614. The van der Waals surface area contributed by atoms with Crippen molar-refractivity contribution in [1.29, 1.82) is 0 Å². The molecule has 3 aromatic rings. The third-order valence-corrected chi connectivity index (χ3v) is 5.81. The van der Waals surface area contributed by atoms with Crippen molar-refractivity contribution in [2.24, 2.45) is 0 Å². The highest BCUT2D eigenvalue weighted by Gasteiger charge is 2.30. The number of hydrogen-bond donors (Lipinski definition) is 1. The molecule has 0 saturated carbocycles. The number of amides is 3. The molecule has 4 rings (SSSR count). The van der Waals surface area contributed by atoms with Crippen LogP contribution in [0.3, 0.4) is 0 Å². The molecule has 0 unspecified atom stereocenters. The van der Waals surface area contributed by atoms with Gasteiger partial charge in [-0.05, 0) is 40.8 Å². The standard InChI is InChI=1S/C27H28N2O3/c1-2-3-11-18-29(26(30)28-20-12-5-4-6-13-20)27(31)32-19-25-23-16-9-7-14-21(23)22-15-8-10-17-24(22)25/h4-10,12-17,25H,2-3,11,18-19H2,1H3,(H,28,30). The summed E-state index contributed by atoms with van der Waals surface area (Å²) in [4.78, 5) is 27.0. The summed E-state index contributed by atoms with van der Waals surface area (Å²) in [6, 6.07) is 25.1. The fraction of sp³-hybridized carbons (Fsp3) is 0.259. The molecule has 1 aliphatic rings. The van der Waals surface area contributed by atoms with E-state index in [1.165, 1.54) is 16.0 Å². The van der Waals surface area contributed by atoms with Crippen molar-refractivity contribution in [2.75, 3.05) is 18.5 Å². The van der Waals surface area contributed by atoms with E-state index < -0.39 is 12.1 Å². The van der Waals surface area contributed by atoms with Gasteiger partial charge in [-0.1, -0.05) is 86.5 Å². The van der Waals surface area contributed by atoms with Crippen LogP contribution in [0.2, 0.25) is 0 Å². The zero-order chi connectivity index (χ0) is 22.3. The van der Waals surface area contributed by atoms with Gasteiger partial charge >= 0.3 is 12.1 Å². The third kappa shape index (κ3) is 4.67. The molecule has 32 heavy (non-hydrogen) atoms. The molecular weight excluding hydrogens is 400 g/mol. The van der Waals surface area contributed by atoms with Crippen molar-refractivity contribution in [3.63, 3.8) is 0 Å². The quantitative estimate of drug-likeness (QED) is 0.428. The van der Waals surface area contributed by atoms with Crippen LogP contribution in [0.15, 0.2) is 78.9 Å². The molecule has 0 spiro atoms. The molecule has 164 valence electrons. The highest BCUT2D eigenvalue weighted by Crippen LogP contribution is 2.44. The second kappa shape index (κ2) is 10.1. The molecule has 1 aliphatic carbocycles. The fourth-order valence-corrected chi connectivity index (χ4v) is 4.18. The van der Waals surface area contributed by atoms with Crippen molar-refractivity contribution < 1.29 is 14.3 Å². The molecule has 0 bridgehead atoms. The molecular formula is C27H28N2O3. The van der Waals surface area contributed by atoms with E-state index in [0.29, 0.717) is 12.2 Å². The molecule has 0 aliphatic heterocycles. The summed E-state index contributed by atoms with van der Waals surface area (Å²) < 4.78 is 5.72. The minimum absolute atomic E-state index is 0.0407. The summed E-state index contributed by atoms with van der Waals surface area (Å²) in [6.45, 7) is 2.60. The van der Waals surface area contributed by atoms with E-state index >= 15 is 0 Å². The number of anilines is 1. The Morgan fingerprint density at radius 2 is 1.44 bits per heavy atom. The molecule has 0 heterocycles. The van der Waals surface area contributed by atoms with Gasteiger partial charge in [-0.3, -0.25) is 0 Å². The second-order valence-electron chi connectivity index (χ2n) is 7.96. The van der Waals surface area contributed by atoms with E-state index in [1.807, 2.05) is 42.5 Å². The van der Waals surface area contributed by atoms with Gasteiger partial charge in [-0.25, -0.2) is 14.5 Å². The van der Waals surface area contributed by atoms with Crippen molar-refractivity contribution in [2.45, 2.75) is 32.1 Å². The Balaban J connectivity index is 1.48. The number of nitrogens with zero attached hydrogens (tertiary/aromatic N) is 1. The fourth-order valence-electron chi connectivity index (χ4n) is 4.18. The number of benzene rings is 3. The number of para-hydroxylation sites is 1. The lowest BCUT2D eigenvalue weighted by Gasteiger charge is -2.22. The summed E-state index contributed by atoms with van der Waals surface area (Å²) >= 11 is 0. The van der Waals surface area contributed by atoms with Gasteiger partial charge in [0.1, 0.15) is 6.61 Å². The van der Waals surface area contributed by atoms with Gasteiger partial charge in [0.05, 0.1) is 0 Å². The second-order valence-corrected chi connectivity index (χ2v) is 7.96. The SMILES string of the molecule is CCCCCN(C(=O)Nc1ccccc1)C(=O)OCC1c2ccccc2-c2ccccc21. The summed E-state index contributed by atoms with van der Waals surface area (Å²) in [5.41, 5.74) is 5.28. The highest BCUT2D eigenvalue weighted by atomic mass is 16.6. The van der Waals surface area contributed by atoms with Gasteiger partial charge in [0, 0.05) is 18.2 Å². The molecule has 0 saturated heterocycles. The predicted octanol–water partition coefficient (Wildman–Crippen LogP) is 6.66. The number of ether oxygens (including phenoxy) is 1. The maximum absolute atomic E-state index is 13.0. The Morgan fingerprint density at radius 3 is 2.06 bits per heavy atom. The van der Waals surface area contributed by atoms with E-state index in [2.05, 4.69) is 36.5 Å². The lowest BCUT2D eigenvalue weighted by Crippen LogP contribution is -2.41. The smallest absolute Gasteiger partial charge is 0.418 e. The molecule has 0 aromatic heterocycles. The van der Waals surface area contributed by atoms with Crippen LogP contribution in [-0.2, 0) is 4.74 Å². The van der Waals surface area contributed by atoms with Crippen LogP contribution >= 0.6 is 0 Å². The number of carbonyl (C=O) groups is 2. The van der Waals surface area contributed by atoms with Gasteiger partial charge < -0.3 is 10.1 Å². The van der Waals surface area contributed by atoms with Crippen LogP contribution in [0.25, 0.3) is 11.1 Å². The third-order valence-electron chi connectivity index (χ3n) is 5.81. The highest BCUT2D eigenvalue weighted by molar-refractivity contribution is 5.99. The Kier molecular flexibility index (Phi) is 6.85.